The lowest BCUT2D eigenvalue weighted by Crippen LogP contribution is -2.37. The normalized spacial score (nSPS) is 22.8. The van der Waals surface area contributed by atoms with Gasteiger partial charge in [-0.1, -0.05) is 85.8 Å². The molecule has 1 aromatic heterocycles. The van der Waals surface area contributed by atoms with Gasteiger partial charge in [-0.25, -0.2) is 0 Å². The molecule has 0 bridgehead atoms. The number of benzene rings is 3. The third-order valence-corrected chi connectivity index (χ3v) is 7.43. The van der Waals surface area contributed by atoms with E-state index in [1.807, 2.05) is 0 Å². The van der Waals surface area contributed by atoms with E-state index in [4.69, 9.17) is 0 Å². The topological polar surface area (TPSA) is 19.0 Å². The smallest absolute Gasteiger partial charge is 0.0637 e. The zero-order valence-corrected chi connectivity index (χ0v) is 18.7. The fourth-order valence-corrected chi connectivity index (χ4v) is 5.86. The van der Waals surface area contributed by atoms with Gasteiger partial charge in [0, 0.05) is 38.8 Å². The van der Waals surface area contributed by atoms with E-state index in [0.717, 1.165) is 6.42 Å². The molecular formula is C31H26N2. The van der Waals surface area contributed by atoms with Crippen LogP contribution >= 0.6 is 0 Å². The van der Waals surface area contributed by atoms with Crippen LogP contribution in [-0.4, -0.2) is 11.0 Å². The van der Waals surface area contributed by atoms with Crippen molar-refractivity contribution in [2.75, 3.05) is 4.90 Å². The van der Waals surface area contributed by atoms with Gasteiger partial charge in [0.1, 0.15) is 0 Å². The Balaban J connectivity index is 1.36. The van der Waals surface area contributed by atoms with Crippen LogP contribution in [0.5, 0.6) is 0 Å². The fourth-order valence-electron chi connectivity index (χ4n) is 5.86. The maximum absolute atomic E-state index is 3.64. The van der Waals surface area contributed by atoms with Crippen LogP contribution in [0.4, 0.5) is 11.4 Å². The van der Waals surface area contributed by atoms with Gasteiger partial charge in [-0.15, -0.1) is 0 Å². The van der Waals surface area contributed by atoms with E-state index in [1.54, 1.807) is 0 Å². The van der Waals surface area contributed by atoms with Crippen molar-refractivity contribution in [1.29, 1.82) is 0 Å². The number of anilines is 2. The van der Waals surface area contributed by atoms with Crippen LogP contribution in [0.3, 0.4) is 0 Å². The molecule has 2 heteroatoms. The molecule has 0 fully saturated rings. The van der Waals surface area contributed by atoms with Crippen LogP contribution in [0, 0.1) is 5.92 Å². The van der Waals surface area contributed by atoms with Gasteiger partial charge in [0.15, 0.2) is 0 Å². The molecule has 33 heavy (non-hydrogen) atoms. The van der Waals surface area contributed by atoms with Crippen LogP contribution < -0.4 is 15.5 Å². The third-order valence-electron chi connectivity index (χ3n) is 7.43. The highest BCUT2D eigenvalue weighted by Crippen LogP contribution is 2.47. The molecule has 0 amide bonds. The van der Waals surface area contributed by atoms with Gasteiger partial charge < -0.3 is 9.88 Å². The molecule has 160 valence electrons. The summed E-state index contributed by atoms with van der Waals surface area (Å²) >= 11 is 0. The molecule has 4 aromatic rings. The van der Waals surface area contributed by atoms with Crippen LogP contribution in [0.2, 0.25) is 0 Å². The Kier molecular flexibility index (Phi) is 4.04. The van der Waals surface area contributed by atoms with Crippen molar-refractivity contribution >= 4 is 40.0 Å². The molecule has 2 aliphatic carbocycles. The molecule has 3 aliphatic rings. The molecule has 3 unspecified atom stereocenters. The molecule has 3 aromatic carbocycles. The molecule has 1 N–H and O–H groups in total. The lowest BCUT2D eigenvalue weighted by Gasteiger charge is -2.29. The molecule has 0 radical (unpaired) electrons. The van der Waals surface area contributed by atoms with Gasteiger partial charge in [-0.2, -0.15) is 0 Å². The van der Waals surface area contributed by atoms with E-state index >= 15 is 0 Å². The van der Waals surface area contributed by atoms with E-state index in [1.165, 1.54) is 49.5 Å². The molecular weight excluding hydrogens is 400 g/mol. The second-order valence-electron chi connectivity index (χ2n) is 9.56. The Morgan fingerprint density at radius 2 is 1.67 bits per heavy atom. The maximum atomic E-state index is 3.64. The minimum Gasteiger partial charge on any atom is -0.355 e. The van der Waals surface area contributed by atoms with Crippen LogP contribution in [0.25, 0.3) is 28.6 Å². The van der Waals surface area contributed by atoms with Gasteiger partial charge in [-0.3, -0.25) is 0 Å². The minimum atomic E-state index is 0.272. The van der Waals surface area contributed by atoms with E-state index in [2.05, 4.69) is 120 Å². The number of aromatic nitrogens is 1. The second kappa shape index (κ2) is 7.11. The van der Waals surface area contributed by atoms with Gasteiger partial charge >= 0.3 is 0 Å². The number of hydrogen-bond acceptors (Lipinski definition) is 1. The summed E-state index contributed by atoms with van der Waals surface area (Å²) < 4.78 is 0. The Morgan fingerprint density at radius 1 is 0.848 bits per heavy atom. The highest BCUT2D eigenvalue weighted by molar-refractivity contribution is 5.86. The van der Waals surface area contributed by atoms with Gasteiger partial charge in [0.05, 0.1) is 6.04 Å². The van der Waals surface area contributed by atoms with Crippen molar-refractivity contribution < 1.29 is 0 Å². The molecule has 2 heterocycles. The van der Waals surface area contributed by atoms with Gasteiger partial charge in [-0.05, 0) is 53.3 Å². The highest BCUT2D eigenvalue weighted by Gasteiger charge is 2.38. The fraction of sp³-hybridized carbons (Fsp3) is 0.161. The highest BCUT2D eigenvalue weighted by atomic mass is 15.2. The van der Waals surface area contributed by atoms with Crippen LogP contribution in [0.1, 0.15) is 30.4 Å². The van der Waals surface area contributed by atoms with Crippen LogP contribution in [0.15, 0.2) is 91.0 Å². The number of aromatic amines is 1. The maximum Gasteiger partial charge on any atom is 0.0637 e. The first-order chi connectivity index (χ1) is 16.3. The summed E-state index contributed by atoms with van der Waals surface area (Å²) in [7, 11) is 0. The molecule has 0 saturated carbocycles. The van der Waals surface area contributed by atoms with Gasteiger partial charge in [0.2, 0.25) is 0 Å². The zero-order chi connectivity index (χ0) is 21.9. The number of nitrogens with one attached hydrogen (secondary N) is 1. The number of H-pyrrole nitrogens is 1. The third kappa shape index (κ3) is 2.87. The van der Waals surface area contributed by atoms with Crippen molar-refractivity contribution in [2.24, 2.45) is 5.92 Å². The number of para-hydroxylation sites is 2. The van der Waals surface area contributed by atoms with Crippen LogP contribution in [-0.2, 0) is 0 Å². The van der Waals surface area contributed by atoms with Crippen molar-refractivity contribution in [3.05, 3.63) is 113 Å². The Hall–Kier alpha value is -3.78. The predicted octanol–water partition coefficient (Wildman–Crippen LogP) is 6.03. The quantitative estimate of drug-likeness (QED) is 0.415. The molecule has 0 saturated heterocycles. The zero-order valence-electron chi connectivity index (χ0n) is 18.7. The Bertz CT molecular complexity index is 1570. The molecule has 3 atom stereocenters. The Labute approximate surface area is 193 Å². The summed E-state index contributed by atoms with van der Waals surface area (Å²) in [4.78, 5) is 6.17. The summed E-state index contributed by atoms with van der Waals surface area (Å²) in [5.41, 5.74) is 7.80. The minimum absolute atomic E-state index is 0.272. The van der Waals surface area contributed by atoms with Gasteiger partial charge in [0.25, 0.3) is 0 Å². The van der Waals surface area contributed by atoms with Crippen molar-refractivity contribution in [2.45, 2.75) is 25.3 Å². The largest absolute Gasteiger partial charge is 0.355 e. The summed E-state index contributed by atoms with van der Waals surface area (Å²) in [6, 6.07) is 26.9. The lowest BCUT2D eigenvalue weighted by atomic mass is 9.90. The molecule has 1 aliphatic heterocycles. The van der Waals surface area contributed by atoms with E-state index in [9.17, 15) is 0 Å². The average molecular weight is 427 g/mol. The number of hydrogen-bond donors (Lipinski definition) is 1. The van der Waals surface area contributed by atoms with Crippen molar-refractivity contribution in [1.82, 2.24) is 4.98 Å². The van der Waals surface area contributed by atoms with Crippen molar-refractivity contribution in [3.63, 3.8) is 0 Å². The SMILES string of the molecule is CC1C=C(c2ccc(N3c4ccccc4C4C=c5[nH]c6ccccc6c5=CC43)cc2)C=CC1. The number of fused-ring (bicyclic) bond motifs is 6. The summed E-state index contributed by atoms with van der Waals surface area (Å²) in [6.07, 6.45) is 13.0. The Morgan fingerprint density at radius 3 is 2.55 bits per heavy atom. The number of rotatable bonds is 2. The first-order valence-corrected chi connectivity index (χ1v) is 11.9. The average Bonchev–Trinajstić information content (AvgIpc) is 3.38. The summed E-state index contributed by atoms with van der Waals surface area (Å²) in [5.74, 6) is 0.944. The number of allylic oxidation sites excluding steroid dienone is 4. The van der Waals surface area contributed by atoms with E-state index in [-0.39, 0.29) is 6.04 Å². The lowest BCUT2D eigenvalue weighted by molar-refractivity contribution is 0.740. The first-order valence-electron chi connectivity index (χ1n) is 11.9. The second-order valence-corrected chi connectivity index (χ2v) is 9.56. The first kappa shape index (κ1) is 18.8. The standard InChI is InChI=1S/C31H26N2/c1-20-7-6-8-22(17-20)21-13-15-23(16-14-21)33-30-12-5-3-10-25(30)27-18-29-26(19-31(27)33)24-9-2-4-11-28(24)32-29/h2-6,8-20,27,31-32H,7H2,1H3. The summed E-state index contributed by atoms with van der Waals surface area (Å²) in [6.45, 7) is 2.29. The van der Waals surface area contributed by atoms with E-state index < -0.39 is 0 Å². The molecule has 0 spiro atoms. The predicted molar refractivity (Wildman–Crippen MR) is 139 cm³/mol. The van der Waals surface area contributed by atoms with Crippen molar-refractivity contribution in [3.8, 4) is 0 Å². The summed E-state index contributed by atoms with van der Waals surface area (Å²) in [5, 5.41) is 3.88. The molecule has 7 rings (SSSR count). The molecule has 2 nitrogen and oxygen atoms in total. The monoisotopic (exact) mass is 426 g/mol. The van der Waals surface area contributed by atoms with E-state index in [0.29, 0.717) is 11.8 Å². The number of nitrogens with zero attached hydrogens (tertiary/aromatic N) is 1.